The predicted octanol–water partition coefficient (Wildman–Crippen LogP) is 1.14. The lowest BCUT2D eigenvalue weighted by molar-refractivity contribution is -0.135. The van der Waals surface area contributed by atoms with E-state index in [2.05, 4.69) is 10.6 Å². The number of hydrogen-bond donors (Lipinski definition) is 3. The van der Waals surface area contributed by atoms with Crippen LogP contribution in [0.15, 0.2) is 24.3 Å². The van der Waals surface area contributed by atoms with Crippen LogP contribution >= 0.6 is 0 Å². The van der Waals surface area contributed by atoms with Crippen molar-refractivity contribution >= 4 is 23.3 Å². The van der Waals surface area contributed by atoms with E-state index in [1.807, 2.05) is 0 Å². The molecule has 0 atom stereocenters. The highest BCUT2D eigenvalue weighted by molar-refractivity contribution is 5.89. The Morgan fingerprint density at radius 2 is 2.00 bits per heavy atom. The molecule has 0 saturated carbocycles. The second-order valence-electron chi connectivity index (χ2n) is 3.01. The lowest BCUT2D eigenvalue weighted by Crippen LogP contribution is -2.12. The largest absolute Gasteiger partial charge is 0.480 e. The number of anilines is 2. The SMILES string of the molecule is CC(=O)Nc1cccc(NCC(=O)O)c1. The summed E-state index contributed by atoms with van der Waals surface area (Å²) in [6.07, 6.45) is 0. The molecule has 0 aromatic heterocycles. The quantitative estimate of drug-likeness (QED) is 0.693. The fourth-order valence-corrected chi connectivity index (χ4v) is 1.09. The molecule has 0 saturated heterocycles. The third kappa shape index (κ3) is 4.12. The Labute approximate surface area is 87.1 Å². The van der Waals surface area contributed by atoms with Crippen LogP contribution in [0.1, 0.15) is 6.92 Å². The summed E-state index contributed by atoms with van der Waals surface area (Å²) < 4.78 is 0. The fourth-order valence-electron chi connectivity index (χ4n) is 1.09. The first-order valence-electron chi connectivity index (χ1n) is 4.41. The van der Waals surface area contributed by atoms with E-state index in [0.717, 1.165) is 0 Å². The van der Waals surface area contributed by atoms with Gasteiger partial charge in [0.25, 0.3) is 0 Å². The van der Waals surface area contributed by atoms with E-state index in [0.29, 0.717) is 11.4 Å². The highest BCUT2D eigenvalue weighted by Crippen LogP contribution is 2.14. The number of hydrogen-bond acceptors (Lipinski definition) is 3. The van der Waals surface area contributed by atoms with Gasteiger partial charge in [0.2, 0.25) is 5.91 Å². The van der Waals surface area contributed by atoms with Crippen LogP contribution in [-0.2, 0) is 9.59 Å². The Balaban J connectivity index is 2.65. The van der Waals surface area contributed by atoms with Gasteiger partial charge in [-0.3, -0.25) is 9.59 Å². The lowest BCUT2D eigenvalue weighted by Gasteiger charge is -2.06. The van der Waals surface area contributed by atoms with Gasteiger partial charge in [-0.05, 0) is 18.2 Å². The van der Waals surface area contributed by atoms with Gasteiger partial charge in [-0.15, -0.1) is 0 Å². The van der Waals surface area contributed by atoms with Gasteiger partial charge in [0.05, 0.1) is 0 Å². The summed E-state index contributed by atoms with van der Waals surface area (Å²) in [6.45, 7) is 1.26. The number of rotatable bonds is 4. The Bertz CT molecular complexity index is 377. The van der Waals surface area contributed by atoms with Gasteiger partial charge in [0.15, 0.2) is 0 Å². The number of carboxylic acid groups (broad SMARTS) is 1. The van der Waals surface area contributed by atoms with Gasteiger partial charge in [0.1, 0.15) is 6.54 Å². The summed E-state index contributed by atoms with van der Waals surface area (Å²) in [6, 6.07) is 6.86. The maximum absolute atomic E-state index is 10.8. The smallest absolute Gasteiger partial charge is 0.322 e. The minimum Gasteiger partial charge on any atom is -0.480 e. The van der Waals surface area contributed by atoms with Gasteiger partial charge >= 0.3 is 5.97 Å². The van der Waals surface area contributed by atoms with E-state index in [9.17, 15) is 9.59 Å². The van der Waals surface area contributed by atoms with Crippen LogP contribution in [0.5, 0.6) is 0 Å². The first-order valence-corrected chi connectivity index (χ1v) is 4.41. The number of carbonyl (C=O) groups excluding carboxylic acids is 1. The third-order valence-corrected chi connectivity index (χ3v) is 1.63. The van der Waals surface area contributed by atoms with Crippen molar-refractivity contribution in [3.63, 3.8) is 0 Å². The van der Waals surface area contributed by atoms with Crippen LogP contribution in [0.2, 0.25) is 0 Å². The number of carbonyl (C=O) groups is 2. The topological polar surface area (TPSA) is 78.4 Å². The summed E-state index contributed by atoms with van der Waals surface area (Å²) in [5.41, 5.74) is 1.29. The van der Waals surface area contributed by atoms with E-state index in [1.54, 1.807) is 24.3 Å². The second kappa shape index (κ2) is 4.99. The number of carboxylic acids is 1. The minimum atomic E-state index is -0.931. The van der Waals surface area contributed by atoms with Crippen LogP contribution in [0.25, 0.3) is 0 Å². The summed E-state index contributed by atoms with van der Waals surface area (Å²) in [5.74, 6) is -1.09. The maximum Gasteiger partial charge on any atom is 0.322 e. The molecule has 3 N–H and O–H groups in total. The zero-order valence-electron chi connectivity index (χ0n) is 8.28. The van der Waals surface area contributed by atoms with Crippen LogP contribution < -0.4 is 10.6 Å². The van der Waals surface area contributed by atoms with Crippen LogP contribution in [0.4, 0.5) is 11.4 Å². The van der Waals surface area contributed by atoms with Gasteiger partial charge in [-0.25, -0.2) is 0 Å². The molecule has 1 aromatic carbocycles. The average Bonchev–Trinajstić information content (AvgIpc) is 2.14. The molecule has 0 aliphatic carbocycles. The molecule has 0 bridgehead atoms. The van der Waals surface area contributed by atoms with Crippen molar-refractivity contribution in [2.24, 2.45) is 0 Å². The van der Waals surface area contributed by atoms with Crippen LogP contribution in [0, 0.1) is 0 Å². The van der Waals surface area contributed by atoms with Crippen molar-refractivity contribution in [2.45, 2.75) is 6.92 Å². The van der Waals surface area contributed by atoms with Gasteiger partial charge in [-0.2, -0.15) is 0 Å². The third-order valence-electron chi connectivity index (χ3n) is 1.63. The zero-order valence-corrected chi connectivity index (χ0v) is 8.28. The normalized spacial score (nSPS) is 9.40. The molecule has 5 nitrogen and oxygen atoms in total. The zero-order chi connectivity index (χ0) is 11.3. The van der Waals surface area contributed by atoms with E-state index >= 15 is 0 Å². The van der Waals surface area contributed by atoms with Crippen molar-refractivity contribution in [1.82, 2.24) is 0 Å². The van der Waals surface area contributed by atoms with Crippen molar-refractivity contribution in [3.8, 4) is 0 Å². The molecule has 1 aromatic rings. The Kier molecular flexibility index (Phi) is 3.68. The van der Waals surface area contributed by atoms with E-state index < -0.39 is 5.97 Å². The molecule has 0 unspecified atom stereocenters. The number of amides is 1. The second-order valence-corrected chi connectivity index (χ2v) is 3.01. The molecule has 80 valence electrons. The molecule has 0 aliphatic rings. The molecule has 15 heavy (non-hydrogen) atoms. The first-order chi connectivity index (χ1) is 7.08. The number of aliphatic carboxylic acids is 1. The van der Waals surface area contributed by atoms with E-state index in [1.165, 1.54) is 6.92 Å². The molecular formula is C10H12N2O3. The molecule has 5 heteroatoms. The van der Waals surface area contributed by atoms with Gasteiger partial charge in [0, 0.05) is 18.3 Å². The number of nitrogens with one attached hydrogen (secondary N) is 2. The summed E-state index contributed by atoms with van der Waals surface area (Å²) >= 11 is 0. The van der Waals surface area contributed by atoms with Crippen LogP contribution in [0.3, 0.4) is 0 Å². The molecular weight excluding hydrogens is 196 g/mol. The highest BCUT2D eigenvalue weighted by atomic mass is 16.4. The standard InChI is InChI=1S/C10H12N2O3/c1-7(13)12-9-4-2-3-8(5-9)11-6-10(14)15/h2-5,11H,6H2,1H3,(H,12,13)(H,14,15). The van der Waals surface area contributed by atoms with Gasteiger partial charge in [-0.1, -0.05) is 6.07 Å². The fraction of sp³-hybridized carbons (Fsp3) is 0.200. The number of benzene rings is 1. The van der Waals surface area contributed by atoms with Crippen molar-refractivity contribution < 1.29 is 14.7 Å². The molecule has 1 amide bonds. The Morgan fingerprint density at radius 1 is 1.33 bits per heavy atom. The molecule has 0 heterocycles. The minimum absolute atomic E-state index is 0.149. The Morgan fingerprint density at radius 3 is 2.60 bits per heavy atom. The highest BCUT2D eigenvalue weighted by Gasteiger charge is 1.99. The van der Waals surface area contributed by atoms with Crippen LogP contribution in [-0.4, -0.2) is 23.5 Å². The predicted molar refractivity (Wildman–Crippen MR) is 56.9 cm³/mol. The van der Waals surface area contributed by atoms with Crippen molar-refractivity contribution in [1.29, 1.82) is 0 Å². The summed E-state index contributed by atoms with van der Waals surface area (Å²) in [5, 5.41) is 13.8. The van der Waals surface area contributed by atoms with Crippen molar-refractivity contribution in [3.05, 3.63) is 24.3 Å². The summed E-state index contributed by atoms with van der Waals surface area (Å²) in [4.78, 5) is 21.1. The average molecular weight is 208 g/mol. The molecule has 0 radical (unpaired) electrons. The first kappa shape index (κ1) is 11.0. The molecule has 0 aliphatic heterocycles. The van der Waals surface area contributed by atoms with E-state index in [-0.39, 0.29) is 12.5 Å². The maximum atomic E-state index is 10.8. The Hall–Kier alpha value is -2.04. The monoisotopic (exact) mass is 208 g/mol. The lowest BCUT2D eigenvalue weighted by atomic mass is 10.2. The van der Waals surface area contributed by atoms with Gasteiger partial charge < -0.3 is 15.7 Å². The molecule has 0 spiro atoms. The molecule has 1 rings (SSSR count). The summed E-state index contributed by atoms with van der Waals surface area (Å²) in [7, 11) is 0. The van der Waals surface area contributed by atoms with E-state index in [4.69, 9.17) is 5.11 Å². The van der Waals surface area contributed by atoms with Crippen molar-refractivity contribution in [2.75, 3.05) is 17.2 Å². The molecule has 0 fully saturated rings.